The van der Waals surface area contributed by atoms with Gasteiger partial charge in [-0.1, -0.05) is 48.5 Å². The highest BCUT2D eigenvalue weighted by atomic mass is 32.2. The molecule has 1 aliphatic rings. The van der Waals surface area contributed by atoms with Crippen LogP contribution in [0.4, 0.5) is 4.39 Å². The van der Waals surface area contributed by atoms with E-state index in [1.807, 2.05) is 30.3 Å². The SMILES string of the molecule is O=S(=O)(N[C@H](Cc1ccccc1)c1ccccc1F)C1CC1. The second-order valence-electron chi connectivity index (χ2n) is 5.63. The highest BCUT2D eigenvalue weighted by molar-refractivity contribution is 7.90. The Bertz CT molecular complexity index is 742. The van der Waals surface area contributed by atoms with E-state index in [9.17, 15) is 12.8 Å². The summed E-state index contributed by atoms with van der Waals surface area (Å²) in [4.78, 5) is 0. The number of sulfonamides is 1. The first-order valence-electron chi connectivity index (χ1n) is 7.36. The van der Waals surface area contributed by atoms with Gasteiger partial charge in [0.05, 0.1) is 11.3 Å². The number of benzene rings is 2. The third-order valence-electron chi connectivity index (χ3n) is 3.83. The third-order valence-corrected chi connectivity index (χ3v) is 5.80. The van der Waals surface area contributed by atoms with Crippen LogP contribution < -0.4 is 4.72 Å². The number of halogens is 1. The summed E-state index contributed by atoms with van der Waals surface area (Å²) in [6, 6.07) is 15.3. The van der Waals surface area contributed by atoms with Gasteiger partial charge in [-0.15, -0.1) is 0 Å². The molecule has 3 nitrogen and oxygen atoms in total. The van der Waals surface area contributed by atoms with Crippen LogP contribution in [-0.4, -0.2) is 13.7 Å². The number of rotatable bonds is 6. The molecule has 5 heteroatoms. The van der Waals surface area contributed by atoms with Crippen molar-refractivity contribution in [3.05, 3.63) is 71.5 Å². The third kappa shape index (κ3) is 3.54. The van der Waals surface area contributed by atoms with Gasteiger partial charge < -0.3 is 0 Å². The van der Waals surface area contributed by atoms with Crippen molar-refractivity contribution in [2.24, 2.45) is 0 Å². The van der Waals surface area contributed by atoms with Gasteiger partial charge in [0, 0.05) is 5.56 Å². The molecule has 3 rings (SSSR count). The summed E-state index contributed by atoms with van der Waals surface area (Å²) in [7, 11) is -3.39. The Kier molecular flexibility index (Phi) is 4.27. The molecule has 22 heavy (non-hydrogen) atoms. The maximum atomic E-state index is 14.1. The van der Waals surface area contributed by atoms with Gasteiger partial charge in [0.25, 0.3) is 0 Å². The van der Waals surface area contributed by atoms with Crippen LogP contribution >= 0.6 is 0 Å². The van der Waals surface area contributed by atoms with Gasteiger partial charge >= 0.3 is 0 Å². The van der Waals surface area contributed by atoms with E-state index in [2.05, 4.69) is 4.72 Å². The minimum absolute atomic E-state index is 0.322. The van der Waals surface area contributed by atoms with Crippen LogP contribution in [0.2, 0.25) is 0 Å². The molecular weight excluding hydrogens is 301 g/mol. The molecule has 1 N–H and O–H groups in total. The summed E-state index contributed by atoms with van der Waals surface area (Å²) in [6.07, 6.45) is 1.79. The Balaban J connectivity index is 1.90. The van der Waals surface area contributed by atoms with Crippen molar-refractivity contribution < 1.29 is 12.8 Å². The molecule has 0 aliphatic heterocycles. The highest BCUT2D eigenvalue weighted by Gasteiger charge is 2.37. The van der Waals surface area contributed by atoms with Crippen LogP contribution in [0.15, 0.2) is 54.6 Å². The van der Waals surface area contributed by atoms with E-state index in [1.165, 1.54) is 6.07 Å². The number of hydrogen-bond acceptors (Lipinski definition) is 2. The Morgan fingerprint density at radius 3 is 2.32 bits per heavy atom. The lowest BCUT2D eigenvalue weighted by molar-refractivity contribution is 0.532. The summed E-state index contributed by atoms with van der Waals surface area (Å²) < 4.78 is 41.3. The molecule has 0 heterocycles. The zero-order valence-corrected chi connectivity index (χ0v) is 12.9. The first-order chi connectivity index (χ1) is 10.6. The lowest BCUT2D eigenvalue weighted by Gasteiger charge is -2.20. The molecule has 116 valence electrons. The van der Waals surface area contributed by atoms with Crippen molar-refractivity contribution in [3.8, 4) is 0 Å². The molecule has 0 bridgehead atoms. The molecule has 1 fully saturated rings. The van der Waals surface area contributed by atoms with Gasteiger partial charge in [-0.3, -0.25) is 0 Å². The Morgan fingerprint density at radius 2 is 1.68 bits per heavy atom. The van der Waals surface area contributed by atoms with Crippen LogP contribution in [0.3, 0.4) is 0 Å². The fraction of sp³-hybridized carbons (Fsp3) is 0.294. The van der Waals surface area contributed by atoms with Crippen LogP contribution in [0, 0.1) is 5.82 Å². The molecular formula is C17H18FNO2S. The van der Waals surface area contributed by atoms with Gasteiger partial charge in [0.1, 0.15) is 5.82 Å². The first-order valence-corrected chi connectivity index (χ1v) is 8.90. The second kappa shape index (κ2) is 6.18. The summed E-state index contributed by atoms with van der Waals surface area (Å²) in [6.45, 7) is 0. The van der Waals surface area contributed by atoms with Crippen LogP contribution in [-0.2, 0) is 16.4 Å². The first kappa shape index (κ1) is 15.2. The molecule has 1 aliphatic carbocycles. The summed E-state index contributed by atoms with van der Waals surface area (Å²) in [5, 5.41) is -0.322. The van der Waals surface area contributed by atoms with Gasteiger partial charge in [-0.05, 0) is 30.9 Å². The molecule has 0 amide bonds. The second-order valence-corrected chi connectivity index (χ2v) is 7.62. The van der Waals surface area contributed by atoms with Crippen molar-refractivity contribution in [1.82, 2.24) is 4.72 Å². The van der Waals surface area contributed by atoms with Crippen molar-refractivity contribution in [3.63, 3.8) is 0 Å². The van der Waals surface area contributed by atoms with Crippen LogP contribution in [0.1, 0.15) is 30.0 Å². The molecule has 0 radical (unpaired) electrons. The fourth-order valence-corrected chi connectivity index (χ4v) is 4.05. The number of nitrogens with one attached hydrogen (secondary N) is 1. The lowest BCUT2D eigenvalue weighted by atomic mass is 9.99. The highest BCUT2D eigenvalue weighted by Crippen LogP contribution is 2.30. The van der Waals surface area contributed by atoms with Crippen molar-refractivity contribution in [2.75, 3.05) is 0 Å². The summed E-state index contributed by atoms with van der Waals surface area (Å²) >= 11 is 0. The smallest absolute Gasteiger partial charge is 0.212 e. The van der Waals surface area contributed by atoms with Gasteiger partial charge in [-0.2, -0.15) is 0 Å². The van der Waals surface area contributed by atoms with E-state index >= 15 is 0 Å². The van der Waals surface area contributed by atoms with E-state index in [-0.39, 0.29) is 11.1 Å². The maximum absolute atomic E-state index is 14.1. The van der Waals surface area contributed by atoms with Gasteiger partial charge in [-0.25, -0.2) is 17.5 Å². The minimum Gasteiger partial charge on any atom is -0.212 e. The topological polar surface area (TPSA) is 46.2 Å². The quantitative estimate of drug-likeness (QED) is 0.889. The normalized spacial score (nSPS) is 16.4. The van der Waals surface area contributed by atoms with Crippen LogP contribution in [0.5, 0.6) is 0 Å². The van der Waals surface area contributed by atoms with Gasteiger partial charge in [0.2, 0.25) is 10.0 Å². The molecule has 0 aromatic heterocycles. The van der Waals surface area contributed by atoms with E-state index in [0.29, 0.717) is 24.8 Å². The van der Waals surface area contributed by atoms with Crippen molar-refractivity contribution >= 4 is 10.0 Å². The molecule has 1 atom stereocenters. The van der Waals surface area contributed by atoms with Gasteiger partial charge in [0.15, 0.2) is 0 Å². The standard InChI is InChI=1S/C17H18FNO2S/c18-16-9-5-4-8-15(16)17(12-13-6-2-1-3-7-13)19-22(20,21)14-10-11-14/h1-9,14,17,19H,10-12H2/t17-/m1/s1. The Labute approximate surface area is 130 Å². The summed E-state index contributed by atoms with van der Waals surface area (Å²) in [5.41, 5.74) is 1.35. The zero-order valence-electron chi connectivity index (χ0n) is 12.1. The predicted molar refractivity (Wildman–Crippen MR) is 84.4 cm³/mol. The molecule has 0 spiro atoms. The average Bonchev–Trinajstić information content (AvgIpc) is 3.33. The molecule has 0 saturated heterocycles. The van der Waals surface area contributed by atoms with E-state index in [1.54, 1.807) is 18.2 Å². The van der Waals surface area contributed by atoms with Crippen molar-refractivity contribution in [2.45, 2.75) is 30.6 Å². The maximum Gasteiger partial charge on any atom is 0.215 e. The summed E-state index contributed by atoms with van der Waals surface area (Å²) in [5.74, 6) is -0.387. The lowest BCUT2D eigenvalue weighted by Crippen LogP contribution is -2.33. The Morgan fingerprint density at radius 1 is 1.05 bits per heavy atom. The monoisotopic (exact) mass is 319 g/mol. The fourth-order valence-electron chi connectivity index (χ4n) is 2.50. The van der Waals surface area contributed by atoms with E-state index in [0.717, 1.165) is 5.56 Å². The zero-order chi connectivity index (χ0) is 15.6. The molecule has 1 saturated carbocycles. The van der Waals surface area contributed by atoms with E-state index < -0.39 is 16.1 Å². The van der Waals surface area contributed by atoms with E-state index in [4.69, 9.17) is 0 Å². The molecule has 0 unspecified atom stereocenters. The molecule has 2 aromatic rings. The average molecular weight is 319 g/mol. The van der Waals surface area contributed by atoms with Crippen molar-refractivity contribution in [1.29, 1.82) is 0 Å². The number of hydrogen-bond donors (Lipinski definition) is 1. The van der Waals surface area contributed by atoms with Crippen LogP contribution in [0.25, 0.3) is 0 Å². The predicted octanol–water partition coefficient (Wildman–Crippen LogP) is 3.19. The largest absolute Gasteiger partial charge is 0.215 e. The minimum atomic E-state index is -3.39. The molecule has 2 aromatic carbocycles. The Hall–Kier alpha value is -1.72.